The lowest BCUT2D eigenvalue weighted by Crippen LogP contribution is -2.54. The Kier molecular flexibility index (Phi) is 5.51. The minimum absolute atomic E-state index is 0.256. The molecule has 1 aromatic rings. The van der Waals surface area contributed by atoms with Crippen molar-refractivity contribution < 1.29 is 27.8 Å². The van der Waals surface area contributed by atoms with Crippen molar-refractivity contribution in [3.63, 3.8) is 0 Å². The molecule has 0 aromatic heterocycles. The average molecular weight is 339 g/mol. The second kappa shape index (κ2) is 6.46. The highest BCUT2D eigenvalue weighted by atomic mass is 35.5. The van der Waals surface area contributed by atoms with Crippen LogP contribution in [0.25, 0.3) is 0 Å². The minimum Gasteiger partial charge on any atom is -0.495 e. The molecular weight excluding hydrogens is 321 g/mol. The van der Waals surface area contributed by atoms with Gasteiger partial charge in [0.25, 0.3) is 0 Å². The molecule has 1 N–H and O–H groups in total. The highest BCUT2D eigenvalue weighted by Crippen LogP contribution is 2.44. The predicted molar refractivity (Wildman–Crippen MR) is 77.6 cm³/mol. The van der Waals surface area contributed by atoms with Crippen molar-refractivity contribution in [3.05, 3.63) is 28.8 Å². The molecule has 0 bridgehead atoms. The molecule has 0 aliphatic heterocycles. The Morgan fingerprint density at radius 2 is 1.95 bits per heavy atom. The van der Waals surface area contributed by atoms with E-state index in [0.717, 1.165) is 0 Å². The Bertz CT molecular complexity index is 549. The zero-order valence-electron chi connectivity index (χ0n) is 12.5. The molecule has 0 radical (unpaired) electrons. The third-order valence-electron chi connectivity index (χ3n) is 3.61. The Labute approximate surface area is 132 Å². The molecule has 1 unspecified atom stereocenters. The largest absolute Gasteiger partial charge is 0.495 e. The van der Waals surface area contributed by atoms with Crippen LogP contribution >= 0.6 is 11.6 Å². The van der Waals surface area contributed by atoms with Gasteiger partial charge in [0.05, 0.1) is 12.1 Å². The number of hydrogen-bond donors (Lipinski definition) is 1. The predicted octanol–water partition coefficient (Wildman–Crippen LogP) is 3.55. The van der Waals surface area contributed by atoms with Gasteiger partial charge in [-0.15, -0.1) is 0 Å². The van der Waals surface area contributed by atoms with Gasteiger partial charge in [0.15, 0.2) is 18.6 Å². The van der Waals surface area contributed by atoms with E-state index in [1.165, 1.54) is 21.0 Å². The number of rotatable bonds is 7. The molecule has 3 nitrogen and oxygen atoms in total. The summed E-state index contributed by atoms with van der Waals surface area (Å²) in [6, 6.07) is 4.74. The maximum Gasteiger partial charge on any atom is 0.310 e. The number of ether oxygens (including phenoxy) is 1. The Morgan fingerprint density at radius 3 is 2.41 bits per heavy atom. The van der Waals surface area contributed by atoms with Gasteiger partial charge in [-0.1, -0.05) is 37.6 Å². The van der Waals surface area contributed by atoms with Gasteiger partial charge in [-0.25, -0.2) is 4.39 Å². The van der Waals surface area contributed by atoms with Gasteiger partial charge in [0.2, 0.25) is 0 Å². The fourth-order valence-corrected chi connectivity index (χ4v) is 2.64. The van der Waals surface area contributed by atoms with E-state index < -0.39 is 30.0 Å². The number of carbonyl (C=O) groups excluding carboxylic acids is 1. The van der Waals surface area contributed by atoms with Gasteiger partial charge < -0.3 is 9.84 Å². The van der Waals surface area contributed by atoms with Crippen molar-refractivity contribution in [2.45, 2.75) is 37.2 Å². The zero-order valence-corrected chi connectivity index (χ0v) is 13.3. The molecule has 0 saturated heterocycles. The van der Waals surface area contributed by atoms with Crippen LogP contribution in [-0.4, -0.2) is 36.7 Å². The summed E-state index contributed by atoms with van der Waals surface area (Å²) >= 11 is 5.99. The van der Waals surface area contributed by atoms with Crippen LogP contribution in [0.1, 0.15) is 25.8 Å². The van der Waals surface area contributed by atoms with Crippen molar-refractivity contribution in [2.24, 2.45) is 0 Å². The second-order valence-corrected chi connectivity index (χ2v) is 6.17. The normalized spacial score (nSPS) is 15.3. The number of halogens is 4. The average Bonchev–Trinajstić information content (AvgIpc) is 2.46. The minimum atomic E-state index is -4.18. The maximum atomic E-state index is 13.6. The first kappa shape index (κ1) is 18.8. The smallest absolute Gasteiger partial charge is 0.310 e. The van der Waals surface area contributed by atoms with Gasteiger partial charge in [-0.2, -0.15) is 8.78 Å². The molecule has 0 spiro atoms. The van der Waals surface area contributed by atoms with Crippen molar-refractivity contribution in [1.82, 2.24) is 0 Å². The number of aldehydes is 1. The summed E-state index contributed by atoms with van der Waals surface area (Å²) in [6.07, 6.45) is -1.01. The van der Waals surface area contributed by atoms with Crippen molar-refractivity contribution in [3.8, 4) is 5.75 Å². The van der Waals surface area contributed by atoms with Crippen LogP contribution in [0, 0.1) is 0 Å². The molecule has 22 heavy (non-hydrogen) atoms. The summed E-state index contributed by atoms with van der Waals surface area (Å²) in [4.78, 5) is 11.0. The molecule has 0 aliphatic rings. The van der Waals surface area contributed by atoms with E-state index >= 15 is 0 Å². The molecule has 7 heteroatoms. The first-order valence-electron chi connectivity index (χ1n) is 6.50. The first-order valence-corrected chi connectivity index (χ1v) is 6.88. The topological polar surface area (TPSA) is 46.5 Å². The zero-order chi connectivity index (χ0) is 17.2. The van der Waals surface area contributed by atoms with Crippen LogP contribution in [0.4, 0.5) is 13.2 Å². The number of para-hydroxylation sites is 1. The molecule has 1 atom stereocenters. The number of methoxy groups -OCH3 is 1. The number of carbonyl (C=O) groups is 1. The van der Waals surface area contributed by atoms with E-state index in [-0.39, 0.29) is 17.1 Å². The summed E-state index contributed by atoms with van der Waals surface area (Å²) in [7, 11) is 1.36. The molecule has 0 fully saturated rings. The maximum absolute atomic E-state index is 13.6. The molecule has 0 aliphatic carbocycles. The van der Waals surface area contributed by atoms with Crippen molar-refractivity contribution in [2.75, 3.05) is 13.8 Å². The van der Waals surface area contributed by atoms with Crippen LogP contribution in [0.5, 0.6) is 5.75 Å². The molecule has 0 amide bonds. The van der Waals surface area contributed by atoms with Crippen LogP contribution < -0.4 is 4.74 Å². The third-order valence-corrected chi connectivity index (χ3v) is 3.91. The van der Waals surface area contributed by atoms with E-state index in [0.29, 0.717) is 5.56 Å². The van der Waals surface area contributed by atoms with Gasteiger partial charge in [-0.3, -0.25) is 4.79 Å². The van der Waals surface area contributed by atoms with Gasteiger partial charge in [0.1, 0.15) is 5.75 Å². The Balaban J connectivity index is 3.31. The monoisotopic (exact) mass is 338 g/mol. The number of benzene rings is 1. The molecule has 1 rings (SSSR count). The fourth-order valence-electron chi connectivity index (χ4n) is 2.39. The summed E-state index contributed by atoms with van der Waals surface area (Å²) in [6.45, 7) is 0.929. The molecular formula is C15H18ClF3O3. The van der Waals surface area contributed by atoms with E-state index in [1.54, 1.807) is 18.2 Å². The van der Waals surface area contributed by atoms with Gasteiger partial charge in [-0.05, 0) is 17.9 Å². The quantitative estimate of drug-likeness (QED) is 0.773. The number of hydrogen-bond acceptors (Lipinski definition) is 3. The van der Waals surface area contributed by atoms with Crippen LogP contribution in [0.3, 0.4) is 0 Å². The van der Waals surface area contributed by atoms with E-state index in [1.807, 2.05) is 0 Å². The summed E-state index contributed by atoms with van der Waals surface area (Å²) in [5.74, 6) is -3.93. The molecule has 0 heterocycles. The van der Waals surface area contributed by atoms with E-state index in [9.17, 15) is 23.1 Å². The Hall–Kier alpha value is -1.27. The Morgan fingerprint density at radius 1 is 1.36 bits per heavy atom. The molecule has 0 saturated carbocycles. The van der Waals surface area contributed by atoms with Crippen LogP contribution in [0.15, 0.2) is 18.2 Å². The lowest BCUT2D eigenvalue weighted by Gasteiger charge is -2.37. The van der Waals surface area contributed by atoms with Gasteiger partial charge >= 0.3 is 5.92 Å². The van der Waals surface area contributed by atoms with Crippen LogP contribution in [-0.2, 0) is 10.2 Å². The molecule has 1 aromatic carbocycles. The lowest BCUT2D eigenvalue weighted by molar-refractivity contribution is -0.191. The van der Waals surface area contributed by atoms with Crippen LogP contribution in [0.2, 0.25) is 5.02 Å². The standard InChI is InChI=1S/C15H18ClF3O3/c1-13(2,7-14(21,9-20)15(18,19)8-17)10-5-4-6-11(16)12(10)22-3/h4-6,9,21H,7-8H2,1-3H3. The fraction of sp³-hybridized carbons (Fsp3) is 0.533. The van der Waals surface area contributed by atoms with Crippen molar-refractivity contribution >= 4 is 17.9 Å². The highest BCUT2D eigenvalue weighted by Gasteiger charge is 2.55. The van der Waals surface area contributed by atoms with E-state index in [2.05, 4.69) is 0 Å². The summed E-state index contributed by atoms with van der Waals surface area (Å²) in [5, 5.41) is 10.2. The molecule has 124 valence electrons. The van der Waals surface area contributed by atoms with Gasteiger partial charge in [0, 0.05) is 5.56 Å². The summed E-state index contributed by atoms with van der Waals surface area (Å²) < 4.78 is 44.9. The third kappa shape index (κ3) is 3.38. The van der Waals surface area contributed by atoms with Crippen molar-refractivity contribution in [1.29, 1.82) is 0 Å². The number of alkyl halides is 3. The highest BCUT2D eigenvalue weighted by molar-refractivity contribution is 6.32. The second-order valence-electron chi connectivity index (χ2n) is 5.76. The first-order chi connectivity index (χ1) is 10.0. The lowest BCUT2D eigenvalue weighted by atomic mass is 9.73. The van der Waals surface area contributed by atoms with E-state index in [4.69, 9.17) is 16.3 Å². The SMILES string of the molecule is COc1c(Cl)cccc1C(C)(C)CC(O)(C=O)C(F)(F)CF. The number of aliphatic hydroxyl groups is 1. The summed E-state index contributed by atoms with van der Waals surface area (Å²) in [5.41, 5.74) is -3.82.